The molecule has 9 heteroatoms. The number of carbonyl (C=O) groups excluding carboxylic acids is 2. The lowest BCUT2D eigenvalue weighted by Gasteiger charge is -2.38. The van der Waals surface area contributed by atoms with Gasteiger partial charge in [-0.15, -0.1) is 0 Å². The molecular formula is C38H43N5O4. The SMILES string of the molecule is Cc1c(C(=O)N(C)c2ccccc2)cc(-c2cc3c(cc2C(=O)N2Cc4ccccc4C[C@H]2CCN(C)C)CN(C(=O)O)CC3)n1C. The van der Waals surface area contributed by atoms with Crippen LogP contribution in [0.4, 0.5) is 10.5 Å². The first-order valence-electron chi connectivity index (χ1n) is 16.2. The van der Waals surface area contributed by atoms with Crippen molar-refractivity contribution >= 4 is 23.6 Å². The molecule has 6 rings (SSSR count). The monoisotopic (exact) mass is 633 g/mol. The van der Waals surface area contributed by atoms with Crippen LogP contribution in [0.3, 0.4) is 0 Å². The zero-order valence-corrected chi connectivity index (χ0v) is 27.9. The van der Waals surface area contributed by atoms with Gasteiger partial charge >= 0.3 is 6.09 Å². The molecule has 4 aromatic rings. The van der Waals surface area contributed by atoms with Crippen molar-refractivity contribution in [3.05, 3.63) is 112 Å². The summed E-state index contributed by atoms with van der Waals surface area (Å²) in [5.41, 5.74) is 8.52. The van der Waals surface area contributed by atoms with Crippen LogP contribution in [0.5, 0.6) is 0 Å². The summed E-state index contributed by atoms with van der Waals surface area (Å²) in [6.45, 7) is 3.90. The maximum Gasteiger partial charge on any atom is 0.407 e. The molecular weight excluding hydrogens is 590 g/mol. The van der Waals surface area contributed by atoms with Gasteiger partial charge in [-0.05, 0) is 99.4 Å². The molecule has 0 saturated heterocycles. The van der Waals surface area contributed by atoms with Gasteiger partial charge in [0.25, 0.3) is 11.8 Å². The van der Waals surface area contributed by atoms with Crippen LogP contribution in [0.15, 0.2) is 72.8 Å². The lowest BCUT2D eigenvalue weighted by molar-refractivity contribution is 0.0621. The zero-order valence-electron chi connectivity index (χ0n) is 27.9. The Labute approximate surface area is 276 Å². The van der Waals surface area contributed by atoms with Crippen LogP contribution in [-0.4, -0.2) is 82.6 Å². The third-order valence-corrected chi connectivity index (χ3v) is 9.87. The van der Waals surface area contributed by atoms with Gasteiger partial charge in [0.2, 0.25) is 0 Å². The Morgan fingerprint density at radius 3 is 2.26 bits per heavy atom. The number of carboxylic acid groups (broad SMARTS) is 1. The van der Waals surface area contributed by atoms with Crippen molar-refractivity contribution in [3.63, 3.8) is 0 Å². The van der Waals surface area contributed by atoms with Gasteiger partial charge in [-0.2, -0.15) is 0 Å². The van der Waals surface area contributed by atoms with Gasteiger partial charge in [-0.1, -0.05) is 42.5 Å². The topological polar surface area (TPSA) is 89.3 Å². The van der Waals surface area contributed by atoms with Crippen molar-refractivity contribution < 1.29 is 19.5 Å². The fourth-order valence-electron chi connectivity index (χ4n) is 6.93. The average Bonchev–Trinajstić information content (AvgIpc) is 3.38. The van der Waals surface area contributed by atoms with Crippen molar-refractivity contribution in [2.45, 2.75) is 45.3 Å². The first kappa shape index (κ1) is 32.1. The van der Waals surface area contributed by atoms with E-state index in [2.05, 4.69) is 29.2 Å². The Morgan fingerprint density at radius 1 is 0.851 bits per heavy atom. The predicted molar refractivity (Wildman–Crippen MR) is 184 cm³/mol. The fraction of sp³-hybridized carbons (Fsp3) is 0.342. The van der Waals surface area contributed by atoms with Gasteiger partial charge < -0.3 is 29.3 Å². The van der Waals surface area contributed by atoms with E-state index in [-0.39, 0.29) is 24.4 Å². The maximum absolute atomic E-state index is 14.9. The number of nitrogens with zero attached hydrogens (tertiary/aromatic N) is 5. The van der Waals surface area contributed by atoms with Crippen LogP contribution in [-0.2, 0) is 33.0 Å². The highest BCUT2D eigenvalue weighted by Gasteiger charge is 2.34. The molecule has 1 N–H and O–H groups in total. The van der Waals surface area contributed by atoms with Gasteiger partial charge in [0.1, 0.15) is 0 Å². The maximum atomic E-state index is 14.9. The van der Waals surface area contributed by atoms with Crippen molar-refractivity contribution in [3.8, 4) is 11.3 Å². The molecule has 0 bridgehead atoms. The summed E-state index contributed by atoms with van der Waals surface area (Å²) < 4.78 is 1.99. The van der Waals surface area contributed by atoms with Crippen LogP contribution in [0.25, 0.3) is 11.3 Å². The summed E-state index contributed by atoms with van der Waals surface area (Å²) >= 11 is 0. The third-order valence-electron chi connectivity index (χ3n) is 9.87. The standard InChI is InChI=1S/C38H43N5O4/c1-25-32(36(44)41(5)30-13-7-6-8-14-30)22-35(40(25)4)33-20-27-15-18-42(38(46)47)23-29(27)21-34(33)37(45)43-24-28-12-10-9-11-26(28)19-31(43)16-17-39(2)3/h6-14,20-22,31H,15-19,23-24H2,1-5H3,(H,46,47)/t31-/m1/s1. The number of fused-ring (bicyclic) bond motifs is 2. The summed E-state index contributed by atoms with van der Waals surface area (Å²) in [4.78, 5) is 47.8. The van der Waals surface area contributed by atoms with E-state index in [0.717, 1.165) is 58.7 Å². The first-order valence-corrected chi connectivity index (χ1v) is 16.2. The summed E-state index contributed by atoms with van der Waals surface area (Å²) in [7, 11) is 7.80. The third kappa shape index (κ3) is 6.27. The van der Waals surface area contributed by atoms with Crippen molar-refractivity contribution in [2.75, 3.05) is 39.1 Å². The predicted octanol–water partition coefficient (Wildman–Crippen LogP) is 5.83. The van der Waals surface area contributed by atoms with E-state index in [1.54, 1.807) is 11.9 Å². The molecule has 244 valence electrons. The second kappa shape index (κ2) is 13.1. The average molecular weight is 634 g/mol. The minimum Gasteiger partial charge on any atom is -0.465 e. The van der Waals surface area contributed by atoms with E-state index in [0.29, 0.717) is 30.6 Å². The number of anilines is 1. The highest BCUT2D eigenvalue weighted by molar-refractivity contribution is 6.08. The molecule has 2 aliphatic heterocycles. The van der Waals surface area contributed by atoms with Gasteiger partial charge in [-0.3, -0.25) is 9.59 Å². The Bertz CT molecular complexity index is 1830. The highest BCUT2D eigenvalue weighted by atomic mass is 16.4. The number of hydrogen-bond donors (Lipinski definition) is 1. The second-order valence-corrected chi connectivity index (χ2v) is 13.1. The lowest BCUT2D eigenvalue weighted by Crippen LogP contribution is -2.45. The Kier molecular flexibility index (Phi) is 8.92. The summed E-state index contributed by atoms with van der Waals surface area (Å²) in [5.74, 6) is -0.212. The minimum atomic E-state index is -0.965. The molecule has 3 aromatic carbocycles. The molecule has 9 nitrogen and oxygen atoms in total. The minimum absolute atomic E-state index is 0.00556. The van der Waals surface area contributed by atoms with Gasteiger partial charge in [0, 0.05) is 68.0 Å². The van der Waals surface area contributed by atoms with Gasteiger partial charge in [0.15, 0.2) is 0 Å². The fourth-order valence-corrected chi connectivity index (χ4v) is 6.93. The first-order chi connectivity index (χ1) is 22.5. The number of hydrogen-bond acceptors (Lipinski definition) is 4. The number of rotatable bonds is 7. The summed E-state index contributed by atoms with van der Waals surface area (Å²) in [5, 5.41) is 9.77. The number of aromatic nitrogens is 1. The molecule has 1 aromatic heterocycles. The van der Waals surface area contributed by atoms with E-state index in [4.69, 9.17) is 0 Å². The quantitative estimate of drug-likeness (QED) is 0.277. The molecule has 0 fully saturated rings. The molecule has 47 heavy (non-hydrogen) atoms. The Morgan fingerprint density at radius 2 is 1.55 bits per heavy atom. The molecule has 0 radical (unpaired) electrons. The van der Waals surface area contributed by atoms with Gasteiger partial charge in [0.05, 0.1) is 5.56 Å². The zero-order chi connectivity index (χ0) is 33.4. The van der Waals surface area contributed by atoms with E-state index >= 15 is 0 Å². The van der Waals surface area contributed by atoms with Crippen LogP contribution in [0.2, 0.25) is 0 Å². The van der Waals surface area contributed by atoms with E-state index < -0.39 is 6.09 Å². The van der Waals surface area contributed by atoms with Crippen LogP contribution < -0.4 is 4.90 Å². The summed E-state index contributed by atoms with van der Waals surface area (Å²) in [6.07, 6.45) is 1.19. The molecule has 0 saturated carbocycles. The summed E-state index contributed by atoms with van der Waals surface area (Å²) in [6, 6.07) is 23.7. The normalized spacial score (nSPS) is 15.7. The number of para-hydroxylation sites is 1. The van der Waals surface area contributed by atoms with Gasteiger partial charge in [-0.25, -0.2) is 4.79 Å². The molecule has 0 aliphatic carbocycles. The number of amides is 3. The smallest absolute Gasteiger partial charge is 0.407 e. The molecule has 2 aliphatic rings. The molecule has 1 atom stereocenters. The second-order valence-electron chi connectivity index (χ2n) is 13.1. The molecule has 0 unspecified atom stereocenters. The van der Waals surface area contributed by atoms with Crippen molar-refractivity contribution in [1.29, 1.82) is 0 Å². The Balaban J connectivity index is 1.45. The largest absolute Gasteiger partial charge is 0.465 e. The Hall–Kier alpha value is -4.89. The number of carbonyl (C=O) groups is 3. The highest BCUT2D eigenvalue weighted by Crippen LogP contribution is 2.36. The van der Waals surface area contributed by atoms with Crippen LogP contribution in [0.1, 0.15) is 55.1 Å². The van der Waals surface area contributed by atoms with Crippen molar-refractivity contribution in [2.24, 2.45) is 7.05 Å². The van der Waals surface area contributed by atoms with Crippen LogP contribution in [0, 0.1) is 6.92 Å². The van der Waals surface area contributed by atoms with E-state index in [1.165, 1.54) is 10.5 Å². The molecule has 3 heterocycles. The molecule has 3 amide bonds. The van der Waals surface area contributed by atoms with Crippen LogP contribution >= 0.6 is 0 Å². The lowest BCUT2D eigenvalue weighted by atomic mass is 9.88. The van der Waals surface area contributed by atoms with Crippen molar-refractivity contribution in [1.82, 2.24) is 19.3 Å². The number of benzene rings is 3. The van der Waals surface area contributed by atoms with E-state index in [9.17, 15) is 19.5 Å². The van der Waals surface area contributed by atoms with E-state index in [1.807, 2.05) is 86.1 Å². The molecule has 0 spiro atoms.